The maximum atomic E-state index is 12.7. The monoisotopic (exact) mass is 390 g/mol. The van der Waals surface area contributed by atoms with Crippen LogP contribution in [0.5, 0.6) is 0 Å². The van der Waals surface area contributed by atoms with Crippen LogP contribution >= 0.6 is 0 Å². The molecular weight excluding hydrogens is 368 g/mol. The number of rotatable bonds is 7. The van der Waals surface area contributed by atoms with Crippen LogP contribution in [-0.2, 0) is 14.8 Å². The van der Waals surface area contributed by atoms with Gasteiger partial charge in [0.2, 0.25) is 0 Å². The quantitative estimate of drug-likeness (QED) is 0.708. The highest BCUT2D eigenvalue weighted by molar-refractivity contribution is 7.92. The molecule has 8 heteroatoms. The summed E-state index contributed by atoms with van der Waals surface area (Å²) >= 11 is 0. The highest BCUT2D eigenvalue weighted by Gasteiger charge is 2.20. The summed E-state index contributed by atoms with van der Waals surface area (Å²) in [6.45, 7) is 3.80. The molecular formula is C19H22N2O5S. The third-order valence-corrected chi connectivity index (χ3v) is 5.33. The Morgan fingerprint density at radius 1 is 1.11 bits per heavy atom. The van der Waals surface area contributed by atoms with Gasteiger partial charge in [-0.05, 0) is 43.7 Å². The molecule has 0 aliphatic rings. The molecule has 27 heavy (non-hydrogen) atoms. The fraction of sp³-hybridized carbons (Fsp3) is 0.263. The number of para-hydroxylation sites is 1. The second kappa shape index (κ2) is 8.68. The standard InChI is InChI=1S/C19H22N2O5S/c1-4-13(2)20-18(22)16-10-5-6-11-17(16)21-27(24,25)15-9-7-8-14(12-15)19(23)26-3/h5-13,21H,4H2,1-3H3,(H,20,22)/t13-/m0/s1. The number of sulfonamides is 1. The Bertz CT molecular complexity index is 941. The van der Waals surface area contributed by atoms with Gasteiger partial charge < -0.3 is 10.1 Å². The summed E-state index contributed by atoms with van der Waals surface area (Å²) in [5, 5.41) is 2.81. The van der Waals surface area contributed by atoms with Crippen molar-refractivity contribution in [3.8, 4) is 0 Å². The Morgan fingerprint density at radius 3 is 2.48 bits per heavy atom. The first kappa shape index (κ1) is 20.4. The fourth-order valence-electron chi connectivity index (χ4n) is 2.29. The van der Waals surface area contributed by atoms with Crippen LogP contribution in [0.15, 0.2) is 53.4 Å². The van der Waals surface area contributed by atoms with E-state index in [4.69, 9.17) is 0 Å². The van der Waals surface area contributed by atoms with E-state index in [1.165, 1.54) is 37.4 Å². The molecule has 2 rings (SSSR count). The molecule has 0 heterocycles. The highest BCUT2D eigenvalue weighted by atomic mass is 32.2. The minimum Gasteiger partial charge on any atom is -0.465 e. The van der Waals surface area contributed by atoms with Crippen molar-refractivity contribution in [3.63, 3.8) is 0 Å². The number of hydrogen-bond acceptors (Lipinski definition) is 5. The normalized spacial score (nSPS) is 12.1. The first-order valence-electron chi connectivity index (χ1n) is 8.39. The van der Waals surface area contributed by atoms with E-state index in [1.54, 1.807) is 18.2 Å². The van der Waals surface area contributed by atoms with Crippen LogP contribution in [0, 0.1) is 0 Å². The van der Waals surface area contributed by atoms with Crippen LogP contribution < -0.4 is 10.0 Å². The molecule has 2 aromatic rings. The number of carbonyl (C=O) groups excluding carboxylic acids is 2. The van der Waals surface area contributed by atoms with Gasteiger partial charge in [0.05, 0.1) is 28.8 Å². The molecule has 0 saturated heterocycles. The zero-order valence-corrected chi connectivity index (χ0v) is 16.2. The minimum absolute atomic E-state index is 0.0427. The van der Waals surface area contributed by atoms with Gasteiger partial charge in [-0.15, -0.1) is 0 Å². The molecule has 0 aromatic heterocycles. The van der Waals surface area contributed by atoms with Crippen LogP contribution in [0.1, 0.15) is 41.0 Å². The van der Waals surface area contributed by atoms with E-state index < -0.39 is 16.0 Å². The average Bonchev–Trinajstić information content (AvgIpc) is 2.67. The van der Waals surface area contributed by atoms with Crippen molar-refractivity contribution >= 4 is 27.6 Å². The van der Waals surface area contributed by atoms with Gasteiger partial charge in [0, 0.05) is 6.04 Å². The molecule has 0 aliphatic heterocycles. The number of hydrogen-bond donors (Lipinski definition) is 2. The van der Waals surface area contributed by atoms with Gasteiger partial charge in [-0.2, -0.15) is 0 Å². The van der Waals surface area contributed by atoms with E-state index in [0.29, 0.717) is 0 Å². The van der Waals surface area contributed by atoms with E-state index in [2.05, 4.69) is 14.8 Å². The van der Waals surface area contributed by atoms with Crippen molar-refractivity contribution in [3.05, 3.63) is 59.7 Å². The molecule has 144 valence electrons. The summed E-state index contributed by atoms with van der Waals surface area (Å²) < 4.78 is 32.5. The fourth-order valence-corrected chi connectivity index (χ4v) is 3.41. The topological polar surface area (TPSA) is 102 Å². The van der Waals surface area contributed by atoms with Crippen molar-refractivity contribution < 1.29 is 22.7 Å². The molecule has 1 amide bonds. The summed E-state index contributed by atoms with van der Waals surface area (Å²) in [7, 11) is -2.79. The van der Waals surface area contributed by atoms with E-state index in [0.717, 1.165) is 6.42 Å². The number of benzene rings is 2. The van der Waals surface area contributed by atoms with Crippen molar-refractivity contribution in [2.45, 2.75) is 31.2 Å². The summed E-state index contributed by atoms with van der Waals surface area (Å²) in [5.74, 6) is -1.01. The Morgan fingerprint density at radius 2 is 1.81 bits per heavy atom. The SMILES string of the molecule is CC[C@H](C)NC(=O)c1ccccc1NS(=O)(=O)c1cccc(C(=O)OC)c1. The molecule has 7 nitrogen and oxygen atoms in total. The number of nitrogens with one attached hydrogen (secondary N) is 2. The zero-order chi connectivity index (χ0) is 20.0. The molecule has 2 N–H and O–H groups in total. The van der Waals surface area contributed by atoms with E-state index in [9.17, 15) is 18.0 Å². The van der Waals surface area contributed by atoms with Crippen molar-refractivity contribution in [1.82, 2.24) is 5.32 Å². The van der Waals surface area contributed by atoms with Crippen LogP contribution in [0.4, 0.5) is 5.69 Å². The smallest absolute Gasteiger partial charge is 0.337 e. The predicted octanol–water partition coefficient (Wildman–Crippen LogP) is 2.80. The van der Waals surface area contributed by atoms with Crippen LogP contribution in [-0.4, -0.2) is 33.4 Å². The van der Waals surface area contributed by atoms with Crippen LogP contribution in [0.3, 0.4) is 0 Å². The summed E-state index contributed by atoms with van der Waals surface area (Å²) in [4.78, 5) is 24.0. The molecule has 1 atom stereocenters. The molecule has 0 radical (unpaired) electrons. The van der Waals surface area contributed by atoms with Gasteiger partial charge in [-0.3, -0.25) is 9.52 Å². The molecule has 0 saturated carbocycles. The van der Waals surface area contributed by atoms with Crippen molar-refractivity contribution in [1.29, 1.82) is 0 Å². The lowest BCUT2D eigenvalue weighted by Gasteiger charge is -2.15. The first-order chi connectivity index (χ1) is 12.8. The van der Waals surface area contributed by atoms with E-state index in [-0.39, 0.29) is 33.7 Å². The van der Waals surface area contributed by atoms with Gasteiger partial charge in [0.25, 0.3) is 15.9 Å². The highest BCUT2D eigenvalue weighted by Crippen LogP contribution is 2.21. The third kappa shape index (κ3) is 5.07. The maximum Gasteiger partial charge on any atom is 0.337 e. The van der Waals surface area contributed by atoms with Crippen LogP contribution in [0.25, 0.3) is 0 Å². The van der Waals surface area contributed by atoms with Gasteiger partial charge >= 0.3 is 5.97 Å². The minimum atomic E-state index is -4.01. The largest absolute Gasteiger partial charge is 0.465 e. The third-order valence-electron chi connectivity index (χ3n) is 3.97. The van der Waals surface area contributed by atoms with Gasteiger partial charge in [0.1, 0.15) is 0 Å². The maximum absolute atomic E-state index is 12.7. The zero-order valence-electron chi connectivity index (χ0n) is 15.4. The van der Waals surface area contributed by atoms with E-state index >= 15 is 0 Å². The molecule has 0 unspecified atom stereocenters. The van der Waals surface area contributed by atoms with Gasteiger partial charge in [0.15, 0.2) is 0 Å². The number of anilines is 1. The molecule has 0 fully saturated rings. The Hall–Kier alpha value is -2.87. The van der Waals surface area contributed by atoms with Crippen molar-refractivity contribution in [2.75, 3.05) is 11.8 Å². The lowest BCUT2D eigenvalue weighted by atomic mass is 10.1. The summed E-state index contributed by atoms with van der Waals surface area (Å²) in [6, 6.07) is 11.8. The molecule has 0 bridgehead atoms. The lowest BCUT2D eigenvalue weighted by Crippen LogP contribution is -2.32. The number of methoxy groups -OCH3 is 1. The lowest BCUT2D eigenvalue weighted by molar-refractivity contribution is 0.0600. The number of ether oxygens (including phenoxy) is 1. The second-order valence-corrected chi connectivity index (χ2v) is 7.64. The van der Waals surface area contributed by atoms with Gasteiger partial charge in [-0.1, -0.05) is 25.1 Å². The number of amides is 1. The number of carbonyl (C=O) groups is 2. The molecule has 2 aromatic carbocycles. The second-order valence-electron chi connectivity index (χ2n) is 5.95. The predicted molar refractivity (Wildman–Crippen MR) is 102 cm³/mol. The average molecular weight is 390 g/mol. The first-order valence-corrected chi connectivity index (χ1v) is 9.88. The molecule has 0 aliphatic carbocycles. The Balaban J connectivity index is 2.34. The Kier molecular flexibility index (Phi) is 6.57. The summed E-state index contributed by atoms with van der Waals surface area (Å²) in [5.41, 5.74) is 0.482. The van der Waals surface area contributed by atoms with Gasteiger partial charge in [-0.25, -0.2) is 13.2 Å². The van der Waals surface area contributed by atoms with Crippen molar-refractivity contribution in [2.24, 2.45) is 0 Å². The number of esters is 1. The Labute approximate surface area is 158 Å². The van der Waals surface area contributed by atoms with Crippen LogP contribution in [0.2, 0.25) is 0 Å². The summed E-state index contributed by atoms with van der Waals surface area (Å²) in [6.07, 6.45) is 0.750. The van der Waals surface area contributed by atoms with E-state index in [1.807, 2.05) is 13.8 Å². The molecule has 0 spiro atoms.